The molecule has 2 atom stereocenters. The molecule has 1 heterocycles. The molecule has 2 aromatic rings. The average Bonchev–Trinajstić information content (AvgIpc) is 3.28. The molecule has 0 bridgehead atoms. The molecule has 2 rings (SSSR count). The van der Waals surface area contributed by atoms with Gasteiger partial charge in [-0.3, -0.25) is 10.3 Å². The van der Waals surface area contributed by atoms with Crippen molar-refractivity contribution in [1.82, 2.24) is 10.6 Å². The number of allylic oxidation sites excluding steroid dienone is 4. The first-order valence-corrected chi connectivity index (χ1v) is 13.2. The van der Waals surface area contributed by atoms with Gasteiger partial charge in [-0.25, -0.2) is 0 Å². The molecule has 5 heteroatoms. The lowest BCUT2D eigenvalue weighted by Crippen LogP contribution is -2.33. The maximum Gasteiger partial charge on any atom is 0.162 e. The quantitative estimate of drug-likeness (QED) is 0.160. The number of nitrogens with zero attached hydrogens (tertiary/aromatic N) is 1. The predicted molar refractivity (Wildman–Crippen MR) is 151 cm³/mol. The molecule has 4 nitrogen and oxygen atoms in total. The minimum atomic E-state index is -0.481. The molecule has 2 unspecified atom stereocenters. The van der Waals surface area contributed by atoms with Crippen molar-refractivity contribution in [1.29, 1.82) is 0 Å². The minimum absolute atomic E-state index is 0.458. The summed E-state index contributed by atoms with van der Waals surface area (Å²) >= 11 is 1.74. The van der Waals surface area contributed by atoms with Crippen molar-refractivity contribution in [2.75, 3.05) is 6.54 Å². The van der Waals surface area contributed by atoms with Crippen LogP contribution in [0.4, 0.5) is 0 Å². The van der Waals surface area contributed by atoms with Gasteiger partial charge in [0.05, 0.1) is 5.71 Å². The van der Waals surface area contributed by atoms with Crippen molar-refractivity contribution in [2.45, 2.75) is 71.6 Å². The Balaban J connectivity index is 2.20. The van der Waals surface area contributed by atoms with Gasteiger partial charge in [0.1, 0.15) is 0 Å². The van der Waals surface area contributed by atoms with Gasteiger partial charge in [0, 0.05) is 35.1 Å². The van der Waals surface area contributed by atoms with E-state index in [4.69, 9.17) is 17.1 Å². The zero-order valence-corrected chi connectivity index (χ0v) is 21.8. The normalized spacial score (nSPS) is 14.7. The van der Waals surface area contributed by atoms with Crippen molar-refractivity contribution in [3.63, 3.8) is 0 Å². The van der Waals surface area contributed by atoms with E-state index in [-0.39, 0.29) is 0 Å². The van der Waals surface area contributed by atoms with E-state index in [0.717, 1.165) is 30.5 Å². The van der Waals surface area contributed by atoms with Gasteiger partial charge in [0.2, 0.25) is 0 Å². The Labute approximate surface area is 210 Å². The summed E-state index contributed by atoms with van der Waals surface area (Å²) in [5.41, 5.74) is 10.1. The van der Waals surface area contributed by atoms with E-state index in [0.29, 0.717) is 24.8 Å². The summed E-state index contributed by atoms with van der Waals surface area (Å²) in [5, 5.41) is 10.4. The van der Waals surface area contributed by atoms with Crippen LogP contribution in [0.3, 0.4) is 0 Å². The molecule has 182 valence electrons. The molecule has 0 saturated heterocycles. The molecule has 4 N–H and O–H groups in total. The van der Waals surface area contributed by atoms with Crippen molar-refractivity contribution < 1.29 is 0 Å². The Hall–Kier alpha value is -2.65. The van der Waals surface area contributed by atoms with Gasteiger partial charge < -0.3 is 11.1 Å². The maximum atomic E-state index is 6.56. The van der Waals surface area contributed by atoms with Gasteiger partial charge in [0.25, 0.3) is 0 Å². The largest absolute Gasteiger partial charge is 0.400 e. The molecule has 1 aromatic carbocycles. The number of nitrogens with one attached hydrogen (secondary N) is 2. The molecule has 0 aliphatic carbocycles. The van der Waals surface area contributed by atoms with Gasteiger partial charge in [-0.05, 0) is 47.7 Å². The highest BCUT2D eigenvalue weighted by Gasteiger charge is 2.12. The van der Waals surface area contributed by atoms with Gasteiger partial charge in [-0.1, -0.05) is 76.5 Å². The molecule has 0 spiro atoms. The molecule has 0 radical (unpaired) electrons. The van der Waals surface area contributed by atoms with Crippen LogP contribution in [0.25, 0.3) is 10.1 Å². The van der Waals surface area contributed by atoms with Crippen LogP contribution in [0.5, 0.6) is 0 Å². The van der Waals surface area contributed by atoms with Crippen LogP contribution < -0.4 is 16.4 Å². The fourth-order valence-electron chi connectivity index (χ4n) is 3.73. The van der Waals surface area contributed by atoms with Crippen LogP contribution in [0.15, 0.2) is 70.7 Å². The van der Waals surface area contributed by atoms with E-state index in [1.807, 2.05) is 6.08 Å². The van der Waals surface area contributed by atoms with Crippen LogP contribution in [0, 0.1) is 12.3 Å². The van der Waals surface area contributed by atoms with Crippen molar-refractivity contribution >= 4 is 27.1 Å². The molecule has 34 heavy (non-hydrogen) atoms. The Morgan fingerprint density at radius 1 is 1.26 bits per heavy atom. The second-order valence-electron chi connectivity index (χ2n) is 8.30. The van der Waals surface area contributed by atoms with E-state index < -0.39 is 6.17 Å². The van der Waals surface area contributed by atoms with Gasteiger partial charge in [0.15, 0.2) is 6.17 Å². The molecule has 0 aliphatic heterocycles. The Morgan fingerprint density at radius 3 is 2.74 bits per heavy atom. The summed E-state index contributed by atoms with van der Waals surface area (Å²) in [6.07, 6.45) is 16.8. The number of benzene rings is 1. The first kappa shape index (κ1) is 27.6. The van der Waals surface area contributed by atoms with Crippen LogP contribution >= 0.6 is 11.3 Å². The van der Waals surface area contributed by atoms with Gasteiger partial charge >= 0.3 is 0 Å². The van der Waals surface area contributed by atoms with Crippen molar-refractivity contribution in [3.8, 4) is 12.3 Å². The standard InChI is InChI=1S/C29H40N4S/c1-6-11-15-23(8-3)31-20-26(30)25(16-12-7-2)27(9-4)33-29(10-5)32-19-22-21-34-28-18-14-13-17-24(22)28/h5,9,12-14,16-18,21,23,29,31-32H,4,6-8,11,15,19-20,30H2,1-3H3/b16-12-,26-25-,33-27-. The highest BCUT2D eigenvalue weighted by Crippen LogP contribution is 2.25. The highest BCUT2D eigenvalue weighted by molar-refractivity contribution is 7.17. The smallest absolute Gasteiger partial charge is 0.162 e. The minimum Gasteiger partial charge on any atom is -0.400 e. The zero-order chi connectivity index (χ0) is 24.8. The number of nitrogens with two attached hydrogens (primary N) is 1. The summed E-state index contributed by atoms with van der Waals surface area (Å²) in [7, 11) is 0. The summed E-state index contributed by atoms with van der Waals surface area (Å²) in [4.78, 5) is 4.80. The summed E-state index contributed by atoms with van der Waals surface area (Å²) in [6.45, 7) is 11.8. The number of hydrogen-bond acceptors (Lipinski definition) is 5. The van der Waals surface area contributed by atoms with Gasteiger partial charge in [-0.15, -0.1) is 17.8 Å². The third-order valence-electron chi connectivity index (χ3n) is 5.79. The summed E-state index contributed by atoms with van der Waals surface area (Å²) in [6, 6.07) is 8.85. The number of terminal acetylenes is 1. The number of thiophene rings is 1. The fourth-order valence-corrected chi connectivity index (χ4v) is 4.70. The van der Waals surface area contributed by atoms with E-state index in [1.165, 1.54) is 28.5 Å². The lowest BCUT2D eigenvalue weighted by molar-refractivity contribution is 0.468. The molecule has 0 aliphatic rings. The summed E-state index contributed by atoms with van der Waals surface area (Å²) < 4.78 is 1.27. The zero-order valence-electron chi connectivity index (χ0n) is 20.9. The number of aliphatic imine (C=N–C) groups is 1. The second-order valence-corrected chi connectivity index (χ2v) is 9.21. The number of hydrogen-bond donors (Lipinski definition) is 3. The lowest BCUT2D eigenvalue weighted by atomic mass is 10.0. The Bertz CT molecular complexity index is 1040. The van der Waals surface area contributed by atoms with Crippen molar-refractivity contribution in [2.24, 2.45) is 10.7 Å². The molecule has 0 amide bonds. The maximum absolute atomic E-state index is 6.56. The third-order valence-corrected chi connectivity index (χ3v) is 6.80. The van der Waals surface area contributed by atoms with Crippen LogP contribution in [0.2, 0.25) is 0 Å². The molecular formula is C29H40N4S. The molecule has 0 fully saturated rings. The number of rotatable bonds is 15. The van der Waals surface area contributed by atoms with E-state index >= 15 is 0 Å². The first-order valence-electron chi connectivity index (χ1n) is 12.3. The SMILES string of the molecule is C#CC(\N=C(C=C)/C(/C=C\CC)=C(\N)CNC(CC)CCCC)NCc1csc2ccccc12. The third kappa shape index (κ3) is 8.29. The van der Waals surface area contributed by atoms with E-state index in [1.54, 1.807) is 17.4 Å². The second kappa shape index (κ2) is 15.3. The number of unbranched alkanes of at least 4 members (excludes halogenated alkanes) is 1. The average molecular weight is 477 g/mol. The van der Waals surface area contributed by atoms with Gasteiger partial charge in [-0.2, -0.15) is 0 Å². The summed E-state index contributed by atoms with van der Waals surface area (Å²) in [5.74, 6) is 2.76. The monoisotopic (exact) mass is 476 g/mol. The van der Waals surface area contributed by atoms with E-state index in [2.05, 4.69) is 79.6 Å². The predicted octanol–water partition coefficient (Wildman–Crippen LogP) is 6.31. The highest BCUT2D eigenvalue weighted by atomic mass is 32.1. The Morgan fingerprint density at radius 2 is 2.06 bits per heavy atom. The fraction of sp³-hybridized carbons (Fsp3) is 0.414. The first-order chi connectivity index (χ1) is 16.6. The van der Waals surface area contributed by atoms with Crippen LogP contribution in [0.1, 0.15) is 58.4 Å². The molecule has 1 aromatic heterocycles. The lowest BCUT2D eigenvalue weighted by Gasteiger charge is -2.18. The van der Waals surface area contributed by atoms with Crippen LogP contribution in [-0.2, 0) is 6.54 Å². The van der Waals surface area contributed by atoms with E-state index in [9.17, 15) is 0 Å². The topological polar surface area (TPSA) is 62.4 Å². The van der Waals surface area contributed by atoms with Crippen molar-refractivity contribution in [3.05, 3.63) is 71.3 Å². The molecule has 0 saturated carbocycles. The Kier molecular flexibility index (Phi) is 12.4. The van der Waals surface area contributed by atoms with Crippen LogP contribution in [-0.4, -0.2) is 24.5 Å². The molecular weight excluding hydrogens is 436 g/mol. The number of fused-ring (bicyclic) bond motifs is 1.